The van der Waals surface area contributed by atoms with E-state index in [1.54, 1.807) is 42.6 Å². The first kappa shape index (κ1) is 21.4. The summed E-state index contributed by atoms with van der Waals surface area (Å²) >= 11 is 3.43. The minimum Gasteiger partial charge on any atom is -0.267 e. The lowest BCUT2D eigenvalue weighted by atomic mass is 10.1. The fourth-order valence-corrected chi connectivity index (χ4v) is 5.95. The minimum absolute atomic E-state index is 0.179. The number of hydrazone groups is 1. The number of sulfonamides is 1. The summed E-state index contributed by atoms with van der Waals surface area (Å²) in [4.78, 5) is 12.7. The normalized spacial score (nSPS) is 14.2. The van der Waals surface area contributed by atoms with Crippen LogP contribution in [0, 0.1) is 0 Å². The van der Waals surface area contributed by atoms with E-state index in [2.05, 4.69) is 26.5 Å². The van der Waals surface area contributed by atoms with Crippen LogP contribution >= 0.6 is 15.9 Å². The number of carbonyl (C=O) groups is 1. The SMILES string of the molecule is O=C(NN=Cc1ccccc1Br)c1ccc(CN2c3cccc4cccc(c34)S2(=O)=O)cc1. The van der Waals surface area contributed by atoms with Crippen LogP contribution in [0.2, 0.25) is 0 Å². The van der Waals surface area contributed by atoms with Crippen LogP contribution in [-0.4, -0.2) is 20.5 Å². The van der Waals surface area contributed by atoms with Gasteiger partial charge >= 0.3 is 0 Å². The number of hydrogen-bond donors (Lipinski definition) is 1. The zero-order valence-electron chi connectivity index (χ0n) is 17.3. The van der Waals surface area contributed by atoms with Crippen molar-refractivity contribution in [2.75, 3.05) is 4.31 Å². The minimum atomic E-state index is -3.63. The number of nitrogens with one attached hydrogen (secondary N) is 1. The van der Waals surface area contributed by atoms with Gasteiger partial charge < -0.3 is 0 Å². The van der Waals surface area contributed by atoms with Gasteiger partial charge in [-0.25, -0.2) is 13.8 Å². The summed E-state index contributed by atoms with van der Waals surface area (Å²) in [6, 6.07) is 25.3. The van der Waals surface area contributed by atoms with Crippen LogP contribution in [-0.2, 0) is 16.6 Å². The fourth-order valence-electron chi connectivity index (χ4n) is 3.86. The van der Waals surface area contributed by atoms with Crippen molar-refractivity contribution < 1.29 is 13.2 Å². The molecule has 4 aromatic rings. The molecule has 0 fully saturated rings. The monoisotopic (exact) mass is 519 g/mol. The predicted octanol–water partition coefficient (Wildman–Crippen LogP) is 5.08. The molecule has 164 valence electrons. The van der Waals surface area contributed by atoms with E-state index in [1.165, 1.54) is 4.31 Å². The quantitative estimate of drug-likeness (QED) is 0.295. The van der Waals surface area contributed by atoms with Gasteiger partial charge in [0, 0.05) is 21.0 Å². The lowest BCUT2D eigenvalue weighted by Crippen LogP contribution is -2.26. The van der Waals surface area contributed by atoms with E-state index < -0.39 is 10.0 Å². The topological polar surface area (TPSA) is 78.8 Å². The molecule has 1 aliphatic rings. The van der Waals surface area contributed by atoms with E-state index in [4.69, 9.17) is 0 Å². The average Bonchev–Trinajstić information content (AvgIpc) is 3.04. The van der Waals surface area contributed by atoms with Crippen molar-refractivity contribution >= 4 is 54.5 Å². The maximum absolute atomic E-state index is 13.1. The first-order valence-electron chi connectivity index (χ1n) is 10.2. The van der Waals surface area contributed by atoms with Crippen molar-refractivity contribution in [1.82, 2.24) is 5.43 Å². The molecule has 0 spiro atoms. The van der Waals surface area contributed by atoms with Crippen LogP contribution in [0.25, 0.3) is 10.8 Å². The van der Waals surface area contributed by atoms with Crippen LogP contribution in [0.1, 0.15) is 21.5 Å². The molecule has 1 aliphatic heterocycles. The maximum Gasteiger partial charge on any atom is 0.271 e. The van der Waals surface area contributed by atoms with Crippen molar-refractivity contribution in [3.05, 3.63) is 106 Å². The summed E-state index contributed by atoms with van der Waals surface area (Å²) in [6.45, 7) is 0.179. The van der Waals surface area contributed by atoms with Gasteiger partial charge in [0.2, 0.25) is 0 Å². The van der Waals surface area contributed by atoms with E-state index in [0.717, 1.165) is 26.4 Å². The van der Waals surface area contributed by atoms with Crippen molar-refractivity contribution in [1.29, 1.82) is 0 Å². The third kappa shape index (κ3) is 3.92. The van der Waals surface area contributed by atoms with Gasteiger partial charge in [-0.15, -0.1) is 0 Å². The molecule has 0 atom stereocenters. The molecular formula is C25H18BrN3O3S. The molecule has 0 saturated heterocycles. The van der Waals surface area contributed by atoms with E-state index in [9.17, 15) is 13.2 Å². The molecule has 6 nitrogen and oxygen atoms in total. The highest BCUT2D eigenvalue weighted by molar-refractivity contribution is 9.10. The van der Waals surface area contributed by atoms with E-state index in [-0.39, 0.29) is 12.5 Å². The molecule has 0 aromatic heterocycles. The van der Waals surface area contributed by atoms with Gasteiger partial charge in [0.1, 0.15) is 0 Å². The summed E-state index contributed by atoms with van der Waals surface area (Å²) in [6.07, 6.45) is 1.56. The highest BCUT2D eigenvalue weighted by atomic mass is 79.9. The molecule has 0 saturated carbocycles. The third-order valence-corrected chi connectivity index (χ3v) is 8.02. The Morgan fingerprint density at radius 1 is 0.939 bits per heavy atom. The Kier molecular flexibility index (Phi) is 5.47. The number of nitrogens with zero attached hydrogens (tertiary/aromatic N) is 2. The lowest BCUT2D eigenvalue weighted by Gasteiger charge is -2.19. The van der Waals surface area contributed by atoms with Crippen LogP contribution in [0.3, 0.4) is 0 Å². The summed E-state index contributed by atoms with van der Waals surface area (Å²) in [7, 11) is -3.63. The molecule has 5 rings (SSSR count). The number of rotatable bonds is 5. The highest BCUT2D eigenvalue weighted by Gasteiger charge is 2.35. The van der Waals surface area contributed by atoms with E-state index in [0.29, 0.717) is 16.1 Å². The number of amides is 1. The average molecular weight is 520 g/mol. The predicted molar refractivity (Wildman–Crippen MR) is 133 cm³/mol. The standard InChI is InChI=1S/C25H18BrN3O3S/c26-21-8-2-1-5-20(21)15-27-28-25(30)19-13-11-17(12-14-19)16-29-22-9-3-6-18-7-4-10-23(24(18)22)33(29,31)32/h1-15H,16H2,(H,28,30). The second-order valence-electron chi connectivity index (χ2n) is 7.56. The smallest absolute Gasteiger partial charge is 0.267 e. The largest absolute Gasteiger partial charge is 0.271 e. The molecule has 0 unspecified atom stereocenters. The Morgan fingerprint density at radius 2 is 1.67 bits per heavy atom. The van der Waals surface area contributed by atoms with Crippen molar-refractivity contribution in [2.24, 2.45) is 5.10 Å². The first-order valence-corrected chi connectivity index (χ1v) is 12.4. The Labute approximate surface area is 199 Å². The van der Waals surface area contributed by atoms with Crippen molar-refractivity contribution in [3.8, 4) is 0 Å². The zero-order valence-corrected chi connectivity index (χ0v) is 19.7. The van der Waals surface area contributed by atoms with Crippen LogP contribution in [0.15, 0.2) is 99.4 Å². The Hall–Kier alpha value is -3.49. The molecule has 0 aliphatic carbocycles. The number of halogens is 1. The summed E-state index contributed by atoms with van der Waals surface area (Å²) in [5.74, 6) is -0.351. The van der Waals surface area contributed by atoms with Gasteiger partial charge in [0.25, 0.3) is 15.9 Å². The number of benzene rings is 4. The van der Waals surface area contributed by atoms with E-state index >= 15 is 0 Å². The molecule has 1 amide bonds. The van der Waals surface area contributed by atoms with Gasteiger partial charge in [-0.1, -0.05) is 70.5 Å². The molecule has 0 radical (unpaired) electrons. The highest BCUT2D eigenvalue weighted by Crippen LogP contribution is 2.42. The van der Waals surface area contributed by atoms with Gasteiger partial charge in [-0.05, 0) is 41.3 Å². The van der Waals surface area contributed by atoms with Crippen LogP contribution in [0.5, 0.6) is 0 Å². The van der Waals surface area contributed by atoms with Gasteiger partial charge in [0.15, 0.2) is 0 Å². The zero-order chi connectivity index (χ0) is 23.0. The van der Waals surface area contributed by atoms with Crippen molar-refractivity contribution in [3.63, 3.8) is 0 Å². The molecule has 0 bridgehead atoms. The maximum atomic E-state index is 13.1. The number of hydrogen-bond acceptors (Lipinski definition) is 4. The summed E-state index contributed by atoms with van der Waals surface area (Å²) in [5.41, 5.74) is 5.23. The summed E-state index contributed by atoms with van der Waals surface area (Å²) < 4.78 is 28.6. The molecule has 4 aromatic carbocycles. The number of carbonyl (C=O) groups excluding carboxylic acids is 1. The Morgan fingerprint density at radius 3 is 2.42 bits per heavy atom. The van der Waals surface area contributed by atoms with E-state index in [1.807, 2.05) is 48.5 Å². The first-order chi connectivity index (χ1) is 15.9. The molecule has 1 heterocycles. The van der Waals surface area contributed by atoms with Crippen LogP contribution < -0.4 is 9.73 Å². The third-order valence-electron chi connectivity index (χ3n) is 5.50. The van der Waals surface area contributed by atoms with Gasteiger partial charge in [-0.2, -0.15) is 5.10 Å². The van der Waals surface area contributed by atoms with Gasteiger partial charge in [-0.3, -0.25) is 9.10 Å². The second-order valence-corrected chi connectivity index (χ2v) is 10.2. The molecule has 8 heteroatoms. The fraction of sp³-hybridized carbons (Fsp3) is 0.0400. The molecule has 1 N–H and O–H groups in total. The second kappa shape index (κ2) is 8.46. The Bertz CT molecular complexity index is 1510. The molecule has 33 heavy (non-hydrogen) atoms. The van der Waals surface area contributed by atoms with Gasteiger partial charge in [0.05, 0.1) is 23.3 Å². The lowest BCUT2D eigenvalue weighted by molar-refractivity contribution is 0.0955. The van der Waals surface area contributed by atoms with Crippen molar-refractivity contribution in [2.45, 2.75) is 11.4 Å². The molecular weight excluding hydrogens is 502 g/mol. The number of anilines is 1. The Balaban J connectivity index is 1.32. The summed E-state index contributed by atoms with van der Waals surface area (Å²) in [5, 5.41) is 5.65. The van der Waals surface area contributed by atoms with Crippen LogP contribution in [0.4, 0.5) is 5.69 Å².